The van der Waals surface area contributed by atoms with Crippen molar-refractivity contribution in [3.8, 4) is 0 Å². The van der Waals surface area contributed by atoms with Crippen LogP contribution in [-0.2, 0) is 9.59 Å². The molecule has 0 saturated carbocycles. The number of nitrogens with one attached hydrogen (secondary N) is 2. The first-order valence-corrected chi connectivity index (χ1v) is 7.04. The summed E-state index contributed by atoms with van der Waals surface area (Å²) in [6.07, 6.45) is 3.22. The second-order valence-electron chi connectivity index (χ2n) is 4.43. The van der Waals surface area contributed by atoms with Gasteiger partial charge in [0.25, 0.3) is 5.91 Å². The number of H-pyrrole nitrogens is 1. The summed E-state index contributed by atoms with van der Waals surface area (Å²) in [6, 6.07) is -0.472. The molecule has 0 aliphatic carbocycles. The lowest BCUT2D eigenvalue weighted by Gasteiger charge is -2.49. The standard InChI is InChI=1S/C11H13N5O3S/c12-3-5-4-20-9-6(15-11-13-1-2-14-11)8(17)16(9)7(5)10(18)19/h1-2,6,9H,3-4,12H2,(H,18,19)(H2,13,14,15)/t6?,9-/m0/s1. The maximum Gasteiger partial charge on any atom is 0.352 e. The minimum absolute atomic E-state index is 0.0266. The van der Waals surface area contributed by atoms with Crippen molar-refractivity contribution >= 4 is 29.6 Å². The number of aliphatic carboxylic acids is 1. The molecule has 106 valence electrons. The molecule has 1 aromatic heterocycles. The van der Waals surface area contributed by atoms with Crippen LogP contribution in [-0.4, -0.2) is 55.6 Å². The lowest BCUT2D eigenvalue weighted by Crippen LogP contribution is -2.67. The highest BCUT2D eigenvalue weighted by Crippen LogP contribution is 2.40. The normalized spacial score (nSPS) is 25.2. The highest BCUT2D eigenvalue weighted by molar-refractivity contribution is 8.00. The summed E-state index contributed by atoms with van der Waals surface area (Å²) in [7, 11) is 0. The molecule has 20 heavy (non-hydrogen) atoms. The number of carboxylic acids is 1. The van der Waals surface area contributed by atoms with E-state index in [0.717, 1.165) is 0 Å². The Morgan fingerprint density at radius 1 is 1.70 bits per heavy atom. The van der Waals surface area contributed by atoms with Gasteiger partial charge >= 0.3 is 5.97 Å². The molecule has 8 nitrogen and oxygen atoms in total. The van der Waals surface area contributed by atoms with Gasteiger partial charge in [0.2, 0.25) is 5.95 Å². The molecule has 1 unspecified atom stereocenters. The molecule has 0 spiro atoms. The Balaban J connectivity index is 1.83. The van der Waals surface area contributed by atoms with E-state index in [1.165, 1.54) is 16.7 Å². The van der Waals surface area contributed by atoms with E-state index in [0.29, 0.717) is 17.3 Å². The van der Waals surface area contributed by atoms with Gasteiger partial charge in [0, 0.05) is 24.7 Å². The van der Waals surface area contributed by atoms with Crippen molar-refractivity contribution in [3.63, 3.8) is 0 Å². The predicted molar refractivity (Wildman–Crippen MR) is 72.8 cm³/mol. The average molecular weight is 295 g/mol. The molecule has 3 heterocycles. The van der Waals surface area contributed by atoms with Gasteiger partial charge in [-0.15, -0.1) is 11.8 Å². The Morgan fingerprint density at radius 2 is 2.50 bits per heavy atom. The van der Waals surface area contributed by atoms with E-state index >= 15 is 0 Å². The number of carboxylic acid groups (broad SMARTS) is 1. The fraction of sp³-hybridized carbons (Fsp3) is 0.364. The third-order valence-electron chi connectivity index (χ3n) is 3.29. The van der Waals surface area contributed by atoms with E-state index in [1.54, 1.807) is 12.4 Å². The number of carbonyl (C=O) groups excluding carboxylic acids is 1. The van der Waals surface area contributed by atoms with Gasteiger partial charge in [0.05, 0.1) is 0 Å². The van der Waals surface area contributed by atoms with E-state index in [4.69, 9.17) is 5.73 Å². The first kappa shape index (κ1) is 13.0. The number of rotatable bonds is 4. The largest absolute Gasteiger partial charge is 0.477 e. The molecule has 5 N–H and O–H groups in total. The monoisotopic (exact) mass is 295 g/mol. The highest BCUT2D eigenvalue weighted by atomic mass is 32.2. The Bertz CT molecular complexity index is 585. The van der Waals surface area contributed by atoms with E-state index in [9.17, 15) is 14.7 Å². The first-order valence-electron chi connectivity index (χ1n) is 5.99. The second-order valence-corrected chi connectivity index (χ2v) is 5.54. The number of nitrogens with two attached hydrogens (primary N) is 1. The van der Waals surface area contributed by atoms with Crippen molar-refractivity contribution < 1.29 is 14.7 Å². The molecular weight excluding hydrogens is 282 g/mol. The molecule has 0 aromatic carbocycles. The molecule has 1 aromatic rings. The van der Waals surface area contributed by atoms with Crippen LogP contribution in [0.5, 0.6) is 0 Å². The topological polar surface area (TPSA) is 124 Å². The Labute approximate surface area is 118 Å². The molecule has 1 saturated heterocycles. The minimum atomic E-state index is -1.11. The molecule has 2 aliphatic rings. The molecule has 1 amide bonds. The maximum atomic E-state index is 12.2. The van der Waals surface area contributed by atoms with Crippen molar-refractivity contribution in [3.05, 3.63) is 23.7 Å². The molecule has 0 bridgehead atoms. The van der Waals surface area contributed by atoms with Crippen LogP contribution >= 0.6 is 11.8 Å². The van der Waals surface area contributed by atoms with Crippen LogP contribution in [0.2, 0.25) is 0 Å². The van der Waals surface area contributed by atoms with E-state index < -0.39 is 12.0 Å². The smallest absolute Gasteiger partial charge is 0.352 e. The second kappa shape index (κ2) is 4.84. The van der Waals surface area contributed by atoms with Crippen molar-refractivity contribution in [1.82, 2.24) is 14.9 Å². The average Bonchev–Trinajstić information content (AvgIpc) is 2.95. The van der Waals surface area contributed by atoms with Gasteiger partial charge in [-0.3, -0.25) is 9.69 Å². The lowest BCUT2D eigenvalue weighted by molar-refractivity contribution is -0.147. The van der Waals surface area contributed by atoms with E-state index in [2.05, 4.69) is 15.3 Å². The first-order chi connectivity index (χ1) is 9.63. The van der Waals surface area contributed by atoms with Crippen LogP contribution in [0.3, 0.4) is 0 Å². The van der Waals surface area contributed by atoms with Gasteiger partial charge in [-0.2, -0.15) is 0 Å². The maximum absolute atomic E-state index is 12.2. The predicted octanol–water partition coefficient (Wildman–Crippen LogP) is -0.597. The van der Waals surface area contributed by atoms with Gasteiger partial charge in [-0.25, -0.2) is 9.78 Å². The van der Waals surface area contributed by atoms with Gasteiger partial charge < -0.3 is 21.1 Å². The minimum Gasteiger partial charge on any atom is -0.477 e. The Kier molecular flexibility index (Phi) is 3.14. The molecule has 9 heteroatoms. The fourth-order valence-electron chi connectivity index (χ4n) is 2.33. The zero-order valence-electron chi connectivity index (χ0n) is 10.4. The van der Waals surface area contributed by atoms with E-state index in [1.807, 2.05) is 0 Å². The number of nitrogens with zero attached hydrogens (tertiary/aromatic N) is 2. The lowest BCUT2D eigenvalue weighted by atomic mass is 10.0. The van der Waals surface area contributed by atoms with Crippen LogP contribution in [0.1, 0.15) is 0 Å². The number of aromatic nitrogens is 2. The summed E-state index contributed by atoms with van der Waals surface area (Å²) in [5, 5.41) is 12.0. The highest BCUT2D eigenvalue weighted by Gasteiger charge is 2.53. The molecular formula is C11H13N5O3S. The molecule has 0 radical (unpaired) electrons. The van der Waals surface area contributed by atoms with Crippen LogP contribution in [0.15, 0.2) is 23.7 Å². The number of hydrogen-bond donors (Lipinski definition) is 4. The van der Waals surface area contributed by atoms with Gasteiger partial charge in [0.15, 0.2) is 0 Å². The molecule has 3 rings (SSSR count). The summed E-state index contributed by atoms with van der Waals surface area (Å²) < 4.78 is 0. The summed E-state index contributed by atoms with van der Waals surface area (Å²) in [5.74, 6) is -0.375. The van der Waals surface area contributed by atoms with Crippen LogP contribution in [0, 0.1) is 0 Å². The number of hydrogen-bond acceptors (Lipinski definition) is 6. The molecule has 2 aliphatic heterocycles. The third-order valence-corrected chi connectivity index (χ3v) is 4.63. The quantitative estimate of drug-likeness (QED) is 0.547. The van der Waals surface area contributed by atoms with Gasteiger partial charge in [0.1, 0.15) is 17.1 Å². The molecule has 2 atom stereocenters. The summed E-state index contributed by atoms with van der Waals surface area (Å²) >= 11 is 1.50. The number of thioether (sulfide) groups is 1. The van der Waals surface area contributed by atoms with Crippen molar-refractivity contribution in [1.29, 1.82) is 0 Å². The van der Waals surface area contributed by atoms with Gasteiger partial charge in [-0.1, -0.05) is 0 Å². The van der Waals surface area contributed by atoms with Crippen molar-refractivity contribution in [2.75, 3.05) is 17.6 Å². The van der Waals surface area contributed by atoms with Crippen LogP contribution in [0.4, 0.5) is 5.95 Å². The van der Waals surface area contributed by atoms with Crippen molar-refractivity contribution in [2.24, 2.45) is 5.73 Å². The van der Waals surface area contributed by atoms with Crippen molar-refractivity contribution in [2.45, 2.75) is 11.4 Å². The SMILES string of the molecule is NCC1=C(C(=O)O)N2C(=O)C(Nc3ncc[nH]3)[C@@H]2SC1. The Morgan fingerprint density at radius 3 is 3.10 bits per heavy atom. The number of carbonyl (C=O) groups is 2. The number of β-lactam (4-membered cyclic amide) rings is 1. The number of aromatic amines is 1. The molecule has 1 fully saturated rings. The van der Waals surface area contributed by atoms with Crippen LogP contribution in [0.25, 0.3) is 0 Å². The zero-order valence-corrected chi connectivity index (χ0v) is 11.2. The fourth-order valence-corrected chi connectivity index (χ4v) is 3.69. The number of anilines is 1. The number of fused-ring (bicyclic) bond motifs is 1. The number of amides is 1. The Hall–Kier alpha value is -2.00. The zero-order chi connectivity index (χ0) is 14.3. The summed E-state index contributed by atoms with van der Waals surface area (Å²) in [6.45, 7) is 0.140. The summed E-state index contributed by atoms with van der Waals surface area (Å²) in [5.41, 5.74) is 6.16. The third kappa shape index (κ3) is 1.86. The van der Waals surface area contributed by atoms with Gasteiger partial charge in [-0.05, 0) is 5.57 Å². The van der Waals surface area contributed by atoms with E-state index in [-0.39, 0.29) is 23.5 Å². The number of imidazole rings is 1. The van der Waals surface area contributed by atoms with Crippen LogP contribution < -0.4 is 11.1 Å². The summed E-state index contributed by atoms with van der Waals surface area (Å²) in [4.78, 5) is 31.7.